The third-order valence-electron chi connectivity index (χ3n) is 7.29. The number of aliphatic hydroxyl groups is 1. The van der Waals surface area contributed by atoms with Crippen molar-refractivity contribution in [2.24, 2.45) is 0 Å². The maximum atomic E-state index is 13.4. The molecule has 2 aliphatic rings. The number of unbranched alkanes of at least 4 members (excludes halogenated alkanes) is 2. The molecule has 6 rings (SSSR count). The number of alkyl halides is 4. The molecule has 0 radical (unpaired) electrons. The van der Waals surface area contributed by atoms with E-state index in [-0.39, 0.29) is 5.91 Å². The minimum absolute atomic E-state index is 0.211. The second-order valence-electron chi connectivity index (χ2n) is 9.57. The number of carbonyl (C=O) groups excluding carboxylic acids is 1. The fourth-order valence-corrected chi connectivity index (χ4v) is 5.78. The Balaban J connectivity index is 1.42. The van der Waals surface area contributed by atoms with Gasteiger partial charge in [0.15, 0.2) is 6.23 Å². The Labute approximate surface area is 225 Å². The highest BCUT2D eigenvalue weighted by atomic mass is 79.9. The quantitative estimate of drug-likeness (QED) is 0.162. The molecule has 1 amide bonds. The number of hydrogen-bond donors (Lipinski definition) is 1. The molecule has 194 valence electrons. The summed E-state index contributed by atoms with van der Waals surface area (Å²) in [6.45, 7) is 0.466. The van der Waals surface area contributed by atoms with Gasteiger partial charge in [-0.05, 0) is 65.9 Å². The number of benzene rings is 4. The molecule has 1 N–H and O–H groups in total. The van der Waals surface area contributed by atoms with Crippen LogP contribution in [0.15, 0.2) is 66.7 Å². The van der Waals surface area contributed by atoms with Crippen LogP contribution < -0.4 is 4.74 Å². The zero-order valence-corrected chi connectivity index (χ0v) is 21.8. The van der Waals surface area contributed by atoms with Gasteiger partial charge in [-0.1, -0.05) is 52.7 Å². The summed E-state index contributed by atoms with van der Waals surface area (Å²) in [7, 11) is 0. The molecule has 0 bridgehead atoms. The van der Waals surface area contributed by atoms with Gasteiger partial charge >= 0.3 is 6.18 Å². The van der Waals surface area contributed by atoms with Crippen LogP contribution in [0.3, 0.4) is 0 Å². The predicted octanol–water partition coefficient (Wildman–Crippen LogP) is 8.31. The topological polar surface area (TPSA) is 49.8 Å². The number of amides is 1. The zero-order valence-electron chi connectivity index (χ0n) is 20.2. The van der Waals surface area contributed by atoms with E-state index in [1.165, 1.54) is 17.0 Å². The number of ether oxygens (including phenoxy) is 1. The van der Waals surface area contributed by atoms with Crippen molar-refractivity contribution in [1.29, 1.82) is 0 Å². The highest BCUT2D eigenvalue weighted by Crippen LogP contribution is 2.51. The molecule has 4 aromatic rings. The number of carbonyl (C=O) groups is 1. The van der Waals surface area contributed by atoms with Gasteiger partial charge in [0.1, 0.15) is 11.5 Å². The normalized spacial score (nSPS) is 16.0. The molecule has 0 saturated carbocycles. The lowest BCUT2D eigenvalue weighted by Crippen LogP contribution is -2.39. The molecular weight excluding hydrogens is 559 g/mol. The Kier molecular flexibility index (Phi) is 6.19. The van der Waals surface area contributed by atoms with Gasteiger partial charge < -0.3 is 14.7 Å². The molecular formula is C30H23BrF3NO3. The highest BCUT2D eigenvalue weighted by molar-refractivity contribution is 9.09. The van der Waals surface area contributed by atoms with Crippen molar-refractivity contribution in [3.63, 3.8) is 0 Å². The molecule has 0 saturated heterocycles. The Morgan fingerprint density at radius 1 is 0.816 bits per heavy atom. The summed E-state index contributed by atoms with van der Waals surface area (Å²) < 4.78 is 45.3. The molecule has 4 aromatic carbocycles. The van der Waals surface area contributed by atoms with Crippen molar-refractivity contribution in [3.05, 3.63) is 83.4 Å². The molecule has 0 fully saturated rings. The standard InChI is InChI=1S/C30H23BrF3NO3/c31-14-2-1-3-15-35-28(36)21-10-9-20-23-16-18(17-4-7-19(8-5-17)30(32,33)34)6-12-24(23)38-25-13-11-22(29(35)37)26(21)27(20)25/h4-13,16,28,36H,1-3,14-15H2. The summed E-state index contributed by atoms with van der Waals surface area (Å²) >= 11 is 3.42. The van der Waals surface area contributed by atoms with Crippen LogP contribution in [0.25, 0.3) is 33.0 Å². The summed E-state index contributed by atoms with van der Waals surface area (Å²) in [5.74, 6) is 1.00. The monoisotopic (exact) mass is 581 g/mol. The van der Waals surface area contributed by atoms with Gasteiger partial charge in [0.05, 0.1) is 5.56 Å². The van der Waals surface area contributed by atoms with Crippen LogP contribution in [0.5, 0.6) is 11.5 Å². The van der Waals surface area contributed by atoms with Crippen molar-refractivity contribution in [2.45, 2.75) is 31.7 Å². The molecule has 1 atom stereocenters. The second kappa shape index (κ2) is 9.43. The first-order valence-electron chi connectivity index (χ1n) is 12.4. The minimum atomic E-state index is -4.40. The molecule has 2 heterocycles. The van der Waals surface area contributed by atoms with E-state index in [4.69, 9.17) is 4.74 Å². The van der Waals surface area contributed by atoms with Gasteiger partial charge in [-0.15, -0.1) is 0 Å². The first-order chi connectivity index (χ1) is 18.3. The summed E-state index contributed by atoms with van der Waals surface area (Å²) in [5.41, 5.74) is 3.51. The van der Waals surface area contributed by atoms with Crippen molar-refractivity contribution in [2.75, 3.05) is 11.9 Å². The van der Waals surface area contributed by atoms with Crippen LogP contribution in [0, 0.1) is 0 Å². The third-order valence-corrected chi connectivity index (χ3v) is 7.85. The Morgan fingerprint density at radius 3 is 2.26 bits per heavy atom. The van der Waals surface area contributed by atoms with Crippen LogP contribution in [-0.4, -0.2) is 27.8 Å². The number of rotatable bonds is 6. The predicted molar refractivity (Wildman–Crippen MR) is 144 cm³/mol. The van der Waals surface area contributed by atoms with E-state index in [1.807, 2.05) is 24.3 Å². The van der Waals surface area contributed by atoms with Crippen LogP contribution >= 0.6 is 15.9 Å². The number of aliphatic hydroxyl groups excluding tert-OH is 1. The first-order valence-corrected chi connectivity index (χ1v) is 13.5. The van der Waals surface area contributed by atoms with Crippen LogP contribution in [0.1, 0.15) is 47.0 Å². The summed E-state index contributed by atoms with van der Waals surface area (Å²) in [6, 6.07) is 17.9. The van der Waals surface area contributed by atoms with E-state index in [2.05, 4.69) is 15.9 Å². The van der Waals surface area contributed by atoms with Crippen molar-refractivity contribution >= 4 is 32.6 Å². The summed E-state index contributed by atoms with van der Waals surface area (Å²) in [6.07, 6.45) is -2.70. The third kappa shape index (κ3) is 4.07. The van der Waals surface area contributed by atoms with Gasteiger partial charge in [0.2, 0.25) is 0 Å². The van der Waals surface area contributed by atoms with E-state index >= 15 is 0 Å². The molecule has 4 nitrogen and oxygen atoms in total. The van der Waals surface area contributed by atoms with E-state index in [1.54, 1.807) is 18.2 Å². The SMILES string of the molecule is O=C1c2ccc3c4c(ccc(c24)C(O)N1CCCCCBr)-c1cc(-c2ccc(C(F)(F)F)cc2)ccc1O3. The van der Waals surface area contributed by atoms with Gasteiger partial charge in [0.25, 0.3) is 5.91 Å². The molecule has 0 spiro atoms. The van der Waals surface area contributed by atoms with Gasteiger partial charge in [-0.25, -0.2) is 0 Å². The van der Waals surface area contributed by atoms with Gasteiger partial charge in [0, 0.05) is 39.3 Å². The van der Waals surface area contributed by atoms with Crippen molar-refractivity contribution < 1.29 is 27.8 Å². The van der Waals surface area contributed by atoms with Gasteiger partial charge in [-0.2, -0.15) is 13.2 Å². The zero-order chi connectivity index (χ0) is 26.6. The average molecular weight is 582 g/mol. The fraction of sp³-hybridized carbons (Fsp3) is 0.233. The molecule has 0 aromatic heterocycles. The Bertz CT molecular complexity index is 1570. The van der Waals surface area contributed by atoms with Crippen molar-refractivity contribution in [1.82, 2.24) is 4.90 Å². The first kappa shape index (κ1) is 24.9. The molecule has 0 aliphatic carbocycles. The fourth-order valence-electron chi connectivity index (χ4n) is 5.38. The largest absolute Gasteiger partial charge is 0.456 e. The van der Waals surface area contributed by atoms with Crippen LogP contribution in [0.2, 0.25) is 0 Å². The number of nitrogens with zero attached hydrogens (tertiary/aromatic N) is 1. The summed E-state index contributed by atoms with van der Waals surface area (Å²) in [5, 5.41) is 13.5. The van der Waals surface area contributed by atoms with E-state index in [9.17, 15) is 23.1 Å². The maximum absolute atomic E-state index is 13.4. The van der Waals surface area contributed by atoms with Gasteiger partial charge in [-0.3, -0.25) is 4.79 Å². The molecule has 2 aliphatic heterocycles. The lowest BCUT2D eigenvalue weighted by molar-refractivity contribution is -0.137. The van der Waals surface area contributed by atoms with Crippen LogP contribution in [0.4, 0.5) is 13.2 Å². The molecule has 38 heavy (non-hydrogen) atoms. The number of fused-ring (bicyclic) bond motifs is 2. The molecule has 8 heteroatoms. The summed E-state index contributed by atoms with van der Waals surface area (Å²) in [4.78, 5) is 14.9. The highest BCUT2D eigenvalue weighted by Gasteiger charge is 2.35. The average Bonchev–Trinajstić information content (AvgIpc) is 2.91. The van der Waals surface area contributed by atoms with E-state index in [0.29, 0.717) is 40.1 Å². The smallest absolute Gasteiger partial charge is 0.416 e. The van der Waals surface area contributed by atoms with Crippen molar-refractivity contribution in [3.8, 4) is 33.8 Å². The number of hydrogen-bond acceptors (Lipinski definition) is 3. The van der Waals surface area contributed by atoms with Crippen LogP contribution in [-0.2, 0) is 6.18 Å². The number of halogens is 4. The minimum Gasteiger partial charge on any atom is -0.456 e. The lowest BCUT2D eigenvalue weighted by atomic mass is 9.86. The van der Waals surface area contributed by atoms with E-state index < -0.39 is 18.0 Å². The maximum Gasteiger partial charge on any atom is 0.416 e. The molecule has 1 unspecified atom stereocenters. The Morgan fingerprint density at radius 2 is 1.53 bits per heavy atom. The lowest BCUT2D eigenvalue weighted by Gasteiger charge is -2.35. The van der Waals surface area contributed by atoms with E-state index in [0.717, 1.165) is 58.8 Å². The Hall–Kier alpha value is -3.36. The second-order valence-corrected chi connectivity index (χ2v) is 10.4.